The number of amides is 1. The number of rotatable bonds is 4. The Morgan fingerprint density at radius 1 is 1.26 bits per heavy atom. The van der Waals surface area contributed by atoms with Crippen LogP contribution in [0.2, 0.25) is 10.0 Å². The number of carbonyl (C=O) groups excluding carboxylic acids is 1. The molecule has 0 aliphatic rings. The highest BCUT2D eigenvalue weighted by Gasteiger charge is 2.14. The van der Waals surface area contributed by atoms with Crippen LogP contribution in [0.5, 0.6) is 0 Å². The molecular formula is C14H20Cl2N2O. The summed E-state index contributed by atoms with van der Waals surface area (Å²) in [5.41, 5.74) is 0.781. The molecule has 0 spiro atoms. The van der Waals surface area contributed by atoms with Crippen LogP contribution in [0, 0.1) is 0 Å². The van der Waals surface area contributed by atoms with Gasteiger partial charge in [0.05, 0.1) is 16.6 Å². The third kappa shape index (κ3) is 5.81. The fraction of sp³-hybridized carbons (Fsp3) is 0.500. The van der Waals surface area contributed by atoms with Crippen LogP contribution in [-0.4, -0.2) is 18.0 Å². The smallest absolute Gasteiger partial charge is 0.234 e. The fourth-order valence-electron chi connectivity index (χ4n) is 1.61. The van der Waals surface area contributed by atoms with E-state index in [0.29, 0.717) is 10.0 Å². The van der Waals surface area contributed by atoms with Gasteiger partial charge < -0.3 is 10.6 Å². The third-order valence-corrected chi connectivity index (χ3v) is 3.27. The second kappa shape index (κ2) is 6.60. The first-order valence-electron chi connectivity index (χ1n) is 6.18. The van der Waals surface area contributed by atoms with Crippen LogP contribution >= 0.6 is 23.2 Å². The molecule has 1 aromatic carbocycles. The number of nitrogens with one attached hydrogen (secondary N) is 2. The summed E-state index contributed by atoms with van der Waals surface area (Å²) in [6, 6.07) is 5.49. The second-order valence-electron chi connectivity index (χ2n) is 5.57. The lowest BCUT2D eigenvalue weighted by Crippen LogP contribution is -2.45. The molecule has 0 saturated heterocycles. The summed E-state index contributed by atoms with van der Waals surface area (Å²) in [5, 5.41) is 7.10. The minimum Gasteiger partial charge on any atom is -0.350 e. The Morgan fingerprint density at radius 2 is 1.89 bits per heavy atom. The quantitative estimate of drug-likeness (QED) is 0.893. The number of carbonyl (C=O) groups is 1. The molecule has 0 fully saturated rings. The van der Waals surface area contributed by atoms with E-state index in [1.165, 1.54) is 0 Å². The first-order valence-corrected chi connectivity index (χ1v) is 6.94. The van der Waals surface area contributed by atoms with E-state index in [1.807, 2.05) is 39.8 Å². The molecule has 19 heavy (non-hydrogen) atoms. The lowest BCUT2D eigenvalue weighted by Gasteiger charge is -2.22. The number of hydrogen-bond acceptors (Lipinski definition) is 2. The molecule has 0 aliphatic heterocycles. The Kier molecular flexibility index (Phi) is 5.65. The van der Waals surface area contributed by atoms with E-state index in [4.69, 9.17) is 23.2 Å². The van der Waals surface area contributed by atoms with Gasteiger partial charge in [-0.3, -0.25) is 4.79 Å². The van der Waals surface area contributed by atoms with E-state index in [2.05, 4.69) is 10.6 Å². The topological polar surface area (TPSA) is 41.1 Å². The molecule has 106 valence electrons. The van der Waals surface area contributed by atoms with Gasteiger partial charge in [0.25, 0.3) is 0 Å². The van der Waals surface area contributed by atoms with Gasteiger partial charge in [-0.2, -0.15) is 0 Å². The Labute approximate surface area is 124 Å². The Balaban J connectivity index is 2.53. The molecule has 5 heteroatoms. The molecule has 1 unspecified atom stereocenters. The van der Waals surface area contributed by atoms with Crippen molar-refractivity contribution in [3.05, 3.63) is 33.8 Å². The van der Waals surface area contributed by atoms with Gasteiger partial charge in [-0.05, 0) is 45.4 Å². The number of halogens is 2. The van der Waals surface area contributed by atoms with Crippen molar-refractivity contribution in [2.24, 2.45) is 0 Å². The van der Waals surface area contributed by atoms with Gasteiger partial charge in [0.2, 0.25) is 5.91 Å². The molecule has 2 N–H and O–H groups in total. The Hall–Kier alpha value is -0.770. The molecular weight excluding hydrogens is 283 g/mol. The van der Waals surface area contributed by atoms with Crippen LogP contribution in [0.25, 0.3) is 0 Å². The lowest BCUT2D eigenvalue weighted by molar-refractivity contribution is -0.121. The van der Waals surface area contributed by atoms with Gasteiger partial charge in [0, 0.05) is 11.6 Å². The van der Waals surface area contributed by atoms with E-state index in [9.17, 15) is 4.79 Å². The summed E-state index contributed by atoms with van der Waals surface area (Å²) >= 11 is 11.8. The molecule has 1 amide bonds. The van der Waals surface area contributed by atoms with Crippen LogP contribution in [0.3, 0.4) is 0 Å². The van der Waals surface area contributed by atoms with Gasteiger partial charge in [-0.1, -0.05) is 29.3 Å². The number of hydrogen-bond donors (Lipinski definition) is 2. The largest absolute Gasteiger partial charge is 0.350 e. The zero-order valence-corrected chi connectivity index (χ0v) is 13.2. The maximum atomic E-state index is 11.7. The SMILES string of the molecule is CC(NCC(=O)NC(C)(C)C)c1ccc(Cl)c(Cl)c1. The van der Waals surface area contributed by atoms with Crippen LogP contribution in [-0.2, 0) is 4.79 Å². The molecule has 0 radical (unpaired) electrons. The highest BCUT2D eigenvalue weighted by atomic mass is 35.5. The molecule has 0 saturated carbocycles. The average molecular weight is 303 g/mol. The van der Waals surface area contributed by atoms with E-state index in [1.54, 1.807) is 6.07 Å². The monoisotopic (exact) mass is 302 g/mol. The van der Waals surface area contributed by atoms with Gasteiger partial charge in [-0.25, -0.2) is 0 Å². The van der Waals surface area contributed by atoms with Gasteiger partial charge in [0.15, 0.2) is 0 Å². The zero-order chi connectivity index (χ0) is 14.6. The van der Waals surface area contributed by atoms with Crippen molar-refractivity contribution in [1.29, 1.82) is 0 Å². The van der Waals surface area contributed by atoms with Crippen molar-refractivity contribution in [3.63, 3.8) is 0 Å². The number of benzene rings is 1. The standard InChI is InChI=1S/C14H20Cl2N2O/c1-9(10-5-6-11(15)12(16)7-10)17-8-13(19)18-14(2,3)4/h5-7,9,17H,8H2,1-4H3,(H,18,19). The zero-order valence-electron chi connectivity index (χ0n) is 11.7. The maximum Gasteiger partial charge on any atom is 0.234 e. The van der Waals surface area contributed by atoms with Gasteiger partial charge >= 0.3 is 0 Å². The Morgan fingerprint density at radius 3 is 2.42 bits per heavy atom. The minimum absolute atomic E-state index is 0.0282. The van der Waals surface area contributed by atoms with Crippen molar-refractivity contribution in [3.8, 4) is 0 Å². The summed E-state index contributed by atoms with van der Waals surface area (Å²) in [6.07, 6.45) is 0. The van der Waals surface area contributed by atoms with Gasteiger partial charge in [-0.15, -0.1) is 0 Å². The highest BCUT2D eigenvalue weighted by Crippen LogP contribution is 2.25. The predicted molar refractivity (Wildman–Crippen MR) is 80.8 cm³/mol. The molecule has 3 nitrogen and oxygen atoms in total. The third-order valence-electron chi connectivity index (χ3n) is 2.53. The summed E-state index contributed by atoms with van der Waals surface area (Å²) in [7, 11) is 0. The second-order valence-corrected chi connectivity index (χ2v) is 6.39. The summed E-state index contributed by atoms with van der Waals surface area (Å²) < 4.78 is 0. The molecule has 1 atom stereocenters. The van der Waals surface area contributed by atoms with E-state index in [0.717, 1.165) is 5.56 Å². The molecule has 0 aliphatic carbocycles. The van der Waals surface area contributed by atoms with Crippen molar-refractivity contribution >= 4 is 29.1 Å². The lowest BCUT2D eigenvalue weighted by atomic mass is 10.1. The van der Waals surface area contributed by atoms with Gasteiger partial charge in [0.1, 0.15) is 0 Å². The van der Waals surface area contributed by atoms with E-state index in [-0.39, 0.29) is 24.0 Å². The van der Waals surface area contributed by atoms with Crippen LogP contribution in [0.1, 0.15) is 39.3 Å². The molecule has 1 rings (SSSR count). The molecule has 1 aromatic rings. The van der Waals surface area contributed by atoms with Crippen molar-refractivity contribution < 1.29 is 4.79 Å². The molecule has 0 aromatic heterocycles. The summed E-state index contributed by atoms with van der Waals surface area (Å²) in [5.74, 6) is -0.0283. The van der Waals surface area contributed by atoms with Crippen LogP contribution in [0.4, 0.5) is 0 Å². The van der Waals surface area contributed by atoms with Crippen molar-refractivity contribution in [1.82, 2.24) is 10.6 Å². The van der Waals surface area contributed by atoms with E-state index < -0.39 is 0 Å². The average Bonchev–Trinajstić information content (AvgIpc) is 2.27. The Bertz CT molecular complexity index is 455. The van der Waals surface area contributed by atoms with Crippen molar-refractivity contribution in [2.75, 3.05) is 6.54 Å². The van der Waals surface area contributed by atoms with Crippen LogP contribution in [0.15, 0.2) is 18.2 Å². The van der Waals surface area contributed by atoms with E-state index >= 15 is 0 Å². The van der Waals surface area contributed by atoms with Crippen LogP contribution < -0.4 is 10.6 Å². The first-order chi connectivity index (χ1) is 8.69. The predicted octanol–water partition coefficient (Wildman–Crippen LogP) is 3.56. The normalized spacial score (nSPS) is 13.2. The minimum atomic E-state index is -0.217. The fourth-order valence-corrected chi connectivity index (χ4v) is 1.91. The molecule has 0 bridgehead atoms. The highest BCUT2D eigenvalue weighted by molar-refractivity contribution is 6.42. The van der Waals surface area contributed by atoms with Crippen molar-refractivity contribution in [2.45, 2.75) is 39.3 Å². The maximum absolute atomic E-state index is 11.7. The first kappa shape index (κ1) is 16.3. The summed E-state index contributed by atoms with van der Waals surface area (Å²) in [4.78, 5) is 11.7. The molecule has 0 heterocycles. The summed E-state index contributed by atoms with van der Waals surface area (Å²) in [6.45, 7) is 8.09.